The molecule has 1 aromatic rings. The summed E-state index contributed by atoms with van der Waals surface area (Å²) in [6.07, 6.45) is -6.95. The van der Waals surface area contributed by atoms with Gasteiger partial charge in [0, 0.05) is 9.60 Å². The molecule has 2 heteroatoms. The van der Waals surface area contributed by atoms with E-state index in [1.807, 2.05) is 0 Å². The first-order valence-corrected chi connectivity index (χ1v) is 2.93. The van der Waals surface area contributed by atoms with Gasteiger partial charge in [-0.2, -0.15) is 0 Å². The third-order valence-corrected chi connectivity index (χ3v) is 1.03. The molecule has 0 atom stereocenters. The fourth-order valence-electron chi connectivity index (χ4n) is 0.544. The third kappa shape index (κ3) is 2.09. The van der Waals surface area contributed by atoms with Crippen LogP contribution in [0, 0.1) is 0 Å². The van der Waals surface area contributed by atoms with Crippen LogP contribution in [0.1, 0.15) is 44.2 Å². The highest BCUT2D eigenvalue weighted by Crippen LogP contribution is 2.06. The lowest BCUT2D eigenvalue weighted by Crippen LogP contribution is -1.95. The van der Waals surface area contributed by atoms with E-state index in [2.05, 4.69) is 0 Å². The first-order valence-electron chi connectivity index (χ1n) is 8.43. The molecule has 0 saturated carbocycles. The molecule has 0 unspecified atom stereocenters. The molecule has 0 radical (unpaired) electrons. The van der Waals surface area contributed by atoms with E-state index >= 15 is 0 Å². The van der Waals surface area contributed by atoms with Gasteiger partial charge in [-0.05, 0) is 24.0 Å². The van der Waals surface area contributed by atoms with Crippen LogP contribution in [0.3, 0.4) is 0 Å². The maximum atomic E-state index is 11.0. The molecular formula is C10H12O2. The largest absolute Gasteiger partial charge is 0.478 e. The highest BCUT2D eigenvalue weighted by atomic mass is 16.4. The van der Waals surface area contributed by atoms with E-state index in [0.29, 0.717) is 0 Å². The van der Waals surface area contributed by atoms with Gasteiger partial charge < -0.3 is 5.11 Å². The molecule has 64 valence electrons. The highest BCUT2D eigenvalue weighted by Gasteiger charge is 2.00. The van der Waals surface area contributed by atoms with Crippen LogP contribution in [0.2, 0.25) is 0 Å². The van der Waals surface area contributed by atoms with Gasteiger partial charge in [0.15, 0.2) is 0 Å². The number of hydrogen-bond acceptors (Lipinski definition) is 1. The van der Waals surface area contributed by atoms with Gasteiger partial charge in [-0.1, -0.05) is 25.3 Å². The summed E-state index contributed by atoms with van der Waals surface area (Å²) in [7, 11) is 0. The van der Waals surface area contributed by atoms with Crippen molar-refractivity contribution in [2.75, 3.05) is 0 Å². The smallest absolute Gasteiger partial charge is 0.335 e. The summed E-state index contributed by atoms with van der Waals surface area (Å²) in [4.78, 5) is 11.0. The molecule has 0 aliphatic heterocycles. The zero-order chi connectivity index (χ0) is 18.5. The number of aromatic carboxylic acids is 1. The molecule has 0 saturated heterocycles. The van der Waals surface area contributed by atoms with E-state index < -0.39 is 60.9 Å². The third-order valence-electron chi connectivity index (χ3n) is 1.03. The van der Waals surface area contributed by atoms with Crippen molar-refractivity contribution in [3.8, 4) is 0 Å². The summed E-state index contributed by atoms with van der Waals surface area (Å²) in [5, 5.41) is 8.91. The quantitative estimate of drug-likeness (QED) is 0.765. The van der Waals surface area contributed by atoms with E-state index in [9.17, 15) is 4.79 Å². The zero-order valence-corrected chi connectivity index (χ0v) is 5.86. The fourth-order valence-corrected chi connectivity index (χ4v) is 0.544. The SMILES string of the molecule is [2H]c1c([2H])c(C([2H])([2H])C([2H])([2H])C([2H])([2H])[2H])c([2H])c([2H])c1C(=O)O. The van der Waals surface area contributed by atoms with Crippen molar-refractivity contribution < 1.29 is 25.0 Å². The molecule has 1 N–H and O–H groups in total. The van der Waals surface area contributed by atoms with Gasteiger partial charge in [0.25, 0.3) is 0 Å². The normalized spacial score (nSPS) is 26.5. The fraction of sp³-hybridized carbons (Fsp3) is 0.300. The second kappa shape index (κ2) is 3.90. The van der Waals surface area contributed by atoms with Crippen LogP contribution < -0.4 is 0 Å². The molecule has 0 aromatic heterocycles. The Bertz CT molecular complexity index is 633. The van der Waals surface area contributed by atoms with Crippen LogP contribution in [-0.4, -0.2) is 11.1 Å². The number of carboxylic acids is 1. The summed E-state index contributed by atoms with van der Waals surface area (Å²) in [5.41, 5.74) is -2.15. The first-order chi connectivity index (χ1) is 10.1. The number of carboxylic acid groups (broad SMARTS) is 1. The van der Waals surface area contributed by atoms with E-state index in [1.54, 1.807) is 0 Å². The molecule has 1 aromatic carbocycles. The standard InChI is InChI=1S/C10H12O2/c1-2-3-8-4-6-9(7-5-8)10(11)12/h4-7H,2-3H2,1H3,(H,11,12)/i1D3,2D2,3D2,4D,5D,6D,7D. The maximum Gasteiger partial charge on any atom is 0.335 e. The average molecular weight is 175 g/mol. The van der Waals surface area contributed by atoms with E-state index in [1.165, 1.54) is 0 Å². The number of rotatable bonds is 3. The minimum absolute atomic E-state index is 1.01. The maximum absolute atomic E-state index is 11.0. The first kappa shape index (κ1) is 2.13. The van der Waals surface area contributed by atoms with Crippen LogP contribution in [0.5, 0.6) is 0 Å². The minimum atomic E-state index is -3.53. The summed E-state index contributed by atoms with van der Waals surface area (Å²) in [5.74, 6) is -1.77. The van der Waals surface area contributed by atoms with Gasteiger partial charge >= 0.3 is 5.97 Å². The molecule has 0 bridgehead atoms. The molecule has 1 rings (SSSR count). The Kier molecular flexibility index (Phi) is 0.694. The minimum Gasteiger partial charge on any atom is -0.478 e. The number of carbonyl (C=O) groups is 1. The monoisotopic (exact) mass is 175 g/mol. The predicted molar refractivity (Wildman–Crippen MR) is 47.4 cm³/mol. The summed E-state index contributed by atoms with van der Waals surface area (Å²) in [6, 6.07) is -4.44. The van der Waals surface area contributed by atoms with Crippen molar-refractivity contribution >= 4 is 5.97 Å². The Morgan fingerprint density at radius 3 is 2.83 bits per heavy atom. The molecular weight excluding hydrogens is 152 g/mol. The molecule has 0 amide bonds. The van der Waals surface area contributed by atoms with Crippen LogP contribution in [0.25, 0.3) is 0 Å². The van der Waals surface area contributed by atoms with E-state index in [-0.39, 0.29) is 0 Å². The molecule has 0 aliphatic rings. The molecule has 0 heterocycles. The van der Waals surface area contributed by atoms with Crippen molar-refractivity contribution in [1.82, 2.24) is 0 Å². The van der Waals surface area contributed by atoms with Gasteiger partial charge in [0.1, 0.15) is 0 Å². The van der Waals surface area contributed by atoms with Crippen molar-refractivity contribution in [3.05, 3.63) is 35.3 Å². The average Bonchev–Trinajstić information content (AvgIpc) is 2.34. The Hall–Kier alpha value is -1.31. The zero-order valence-electron chi connectivity index (χ0n) is 16.9. The van der Waals surface area contributed by atoms with Gasteiger partial charge in [-0.3, -0.25) is 0 Å². The van der Waals surface area contributed by atoms with Crippen LogP contribution in [0.15, 0.2) is 24.2 Å². The van der Waals surface area contributed by atoms with Crippen molar-refractivity contribution in [1.29, 1.82) is 0 Å². The lowest BCUT2D eigenvalue weighted by atomic mass is 10.1. The number of hydrogen-bond donors (Lipinski definition) is 1. The van der Waals surface area contributed by atoms with E-state index in [4.69, 9.17) is 20.2 Å². The highest BCUT2D eigenvalue weighted by molar-refractivity contribution is 5.87. The van der Waals surface area contributed by atoms with Crippen molar-refractivity contribution in [2.45, 2.75) is 19.6 Å². The van der Waals surface area contributed by atoms with Crippen molar-refractivity contribution in [2.24, 2.45) is 0 Å². The molecule has 0 fully saturated rings. The van der Waals surface area contributed by atoms with Gasteiger partial charge in [0.2, 0.25) is 0 Å². The van der Waals surface area contributed by atoms with Gasteiger partial charge in [-0.25, -0.2) is 4.79 Å². The van der Waals surface area contributed by atoms with Gasteiger partial charge in [-0.15, -0.1) is 0 Å². The lowest BCUT2D eigenvalue weighted by molar-refractivity contribution is 0.0697. The Morgan fingerprint density at radius 1 is 1.67 bits per heavy atom. The lowest BCUT2D eigenvalue weighted by Gasteiger charge is -1.98. The molecule has 0 spiro atoms. The Labute approximate surface area is 87.3 Å². The second-order valence-corrected chi connectivity index (χ2v) is 1.81. The van der Waals surface area contributed by atoms with Crippen LogP contribution >= 0.6 is 0 Å². The predicted octanol–water partition coefficient (Wildman–Crippen LogP) is 2.34. The second-order valence-electron chi connectivity index (χ2n) is 1.81. The molecule has 0 aliphatic carbocycles. The van der Waals surface area contributed by atoms with Crippen LogP contribution in [0.4, 0.5) is 0 Å². The number of benzene rings is 1. The van der Waals surface area contributed by atoms with Crippen molar-refractivity contribution in [3.63, 3.8) is 0 Å². The topological polar surface area (TPSA) is 37.3 Å². The van der Waals surface area contributed by atoms with Crippen LogP contribution in [-0.2, 0) is 6.37 Å². The summed E-state index contributed by atoms with van der Waals surface area (Å²) >= 11 is 0. The Morgan fingerprint density at radius 2 is 2.33 bits per heavy atom. The Balaban J connectivity index is 3.85. The summed E-state index contributed by atoms with van der Waals surface area (Å²) < 4.78 is 82.3. The molecule has 2 nitrogen and oxygen atoms in total. The van der Waals surface area contributed by atoms with E-state index in [0.717, 1.165) is 0 Å². The summed E-state index contributed by atoms with van der Waals surface area (Å²) in [6.45, 7) is -3.45. The molecule has 12 heavy (non-hydrogen) atoms. The van der Waals surface area contributed by atoms with Gasteiger partial charge in [0.05, 0.1) is 11.0 Å².